The average Bonchev–Trinajstić information content (AvgIpc) is 2.43. The fraction of sp³-hybridized carbons (Fsp3) is 0.250. The summed E-state index contributed by atoms with van der Waals surface area (Å²) >= 11 is 7.97. The van der Waals surface area contributed by atoms with E-state index in [4.69, 9.17) is 16.3 Å². The minimum Gasteiger partial charge on any atom is -0.496 e. The van der Waals surface area contributed by atoms with Crippen LogP contribution in [-0.2, 0) is 6.42 Å². The van der Waals surface area contributed by atoms with Crippen LogP contribution in [0.15, 0.2) is 52.3 Å². The first-order valence-corrected chi connectivity index (χ1v) is 7.53. The first kappa shape index (κ1) is 14.3. The zero-order valence-electron chi connectivity index (χ0n) is 11.2. The number of aryl methyl sites for hydroxylation is 1. The fourth-order valence-electron chi connectivity index (χ4n) is 1.89. The highest BCUT2D eigenvalue weighted by Crippen LogP contribution is 2.36. The molecule has 0 fully saturated rings. The molecule has 0 N–H and O–H groups in total. The lowest BCUT2D eigenvalue weighted by atomic mass is 10.1. The molecule has 0 heterocycles. The van der Waals surface area contributed by atoms with Crippen LogP contribution in [0.5, 0.6) is 5.75 Å². The molecule has 0 saturated heterocycles. The second kappa shape index (κ2) is 6.88. The summed E-state index contributed by atoms with van der Waals surface area (Å²) < 4.78 is 5.36. The molecule has 2 rings (SSSR count). The smallest absolute Gasteiger partial charge is 0.132 e. The molecule has 0 amide bonds. The highest BCUT2D eigenvalue weighted by molar-refractivity contribution is 7.99. The summed E-state index contributed by atoms with van der Waals surface area (Å²) in [5.41, 5.74) is 1.22. The molecular formula is C16H17ClOS. The van der Waals surface area contributed by atoms with Crippen LogP contribution in [0.4, 0.5) is 0 Å². The van der Waals surface area contributed by atoms with Crippen LogP contribution in [0.3, 0.4) is 0 Å². The minimum atomic E-state index is 0.849. The Morgan fingerprint density at radius 3 is 2.63 bits per heavy atom. The lowest BCUT2D eigenvalue weighted by molar-refractivity contribution is 0.405. The number of benzene rings is 2. The van der Waals surface area contributed by atoms with Crippen molar-refractivity contribution in [3.8, 4) is 5.75 Å². The van der Waals surface area contributed by atoms with Gasteiger partial charge in [0.05, 0.1) is 12.0 Å². The number of para-hydroxylation sites is 1. The van der Waals surface area contributed by atoms with E-state index in [1.54, 1.807) is 18.9 Å². The monoisotopic (exact) mass is 292 g/mol. The molecule has 100 valence electrons. The Morgan fingerprint density at radius 2 is 1.95 bits per heavy atom. The first-order valence-electron chi connectivity index (χ1n) is 6.34. The van der Waals surface area contributed by atoms with Crippen molar-refractivity contribution in [3.63, 3.8) is 0 Å². The largest absolute Gasteiger partial charge is 0.496 e. The Bertz CT molecular complexity index is 554. The second-order valence-corrected chi connectivity index (χ2v) is 5.78. The standard InChI is InChI=1S/C16H17ClOS/c1-3-6-12-9-10-13(11-14(12)17)19-16-8-5-4-7-15(16)18-2/h4-5,7-11H,3,6H2,1-2H3. The van der Waals surface area contributed by atoms with Gasteiger partial charge in [0.2, 0.25) is 0 Å². The van der Waals surface area contributed by atoms with Crippen LogP contribution in [-0.4, -0.2) is 7.11 Å². The van der Waals surface area contributed by atoms with Gasteiger partial charge in [-0.1, -0.05) is 54.9 Å². The molecule has 19 heavy (non-hydrogen) atoms. The van der Waals surface area contributed by atoms with Gasteiger partial charge in [-0.2, -0.15) is 0 Å². The molecule has 1 nitrogen and oxygen atoms in total. The fourth-order valence-corrected chi connectivity index (χ4v) is 3.20. The Hall–Kier alpha value is -1.12. The summed E-state index contributed by atoms with van der Waals surface area (Å²) in [5, 5.41) is 0.849. The first-order chi connectivity index (χ1) is 9.24. The van der Waals surface area contributed by atoms with E-state index in [2.05, 4.69) is 25.1 Å². The van der Waals surface area contributed by atoms with E-state index < -0.39 is 0 Å². The summed E-state index contributed by atoms with van der Waals surface area (Å²) in [5.74, 6) is 0.890. The molecule has 0 aliphatic carbocycles. The Kier molecular flexibility index (Phi) is 5.17. The summed E-state index contributed by atoms with van der Waals surface area (Å²) in [4.78, 5) is 2.23. The molecule has 0 aliphatic rings. The molecule has 0 atom stereocenters. The number of hydrogen-bond donors (Lipinski definition) is 0. The third-order valence-electron chi connectivity index (χ3n) is 2.84. The van der Waals surface area contributed by atoms with E-state index >= 15 is 0 Å². The topological polar surface area (TPSA) is 9.23 Å². The van der Waals surface area contributed by atoms with Crippen molar-refractivity contribution < 1.29 is 4.74 Å². The van der Waals surface area contributed by atoms with E-state index in [1.165, 1.54) is 5.56 Å². The molecule has 0 spiro atoms. The highest BCUT2D eigenvalue weighted by atomic mass is 35.5. The number of rotatable bonds is 5. The quantitative estimate of drug-likeness (QED) is 0.724. The van der Waals surface area contributed by atoms with E-state index in [1.807, 2.05) is 24.3 Å². The van der Waals surface area contributed by atoms with Gasteiger partial charge in [0, 0.05) is 9.92 Å². The molecule has 0 radical (unpaired) electrons. The van der Waals surface area contributed by atoms with Gasteiger partial charge < -0.3 is 4.74 Å². The molecule has 3 heteroatoms. The van der Waals surface area contributed by atoms with Gasteiger partial charge in [-0.05, 0) is 36.2 Å². The number of methoxy groups -OCH3 is 1. The van der Waals surface area contributed by atoms with Crippen LogP contribution in [0.25, 0.3) is 0 Å². The Balaban J connectivity index is 2.21. The van der Waals surface area contributed by atoms with Crippen LogP contribution < -0.4 is 4.74 Å². The van der Waals surface area contributed by atoms with E-state index in [9.17, 15) is 0 Å². The van der Waals surface area contributed by atoms with Crippen molar-refractivity contribution in [2.45, 2.75) is 29.6 Å². The predicted molar refractivity (Wildman–Crippen MR) is 82.6 cm³/mol. The Morgan fingerprint density at radius 1 is 1.16 bits per heavy atom. The van der Waals surface area contributed by atoms with Gasteiger partial charge in [0.25, 0.3) is 0 Å². The van der Waals surface area contributed by atoms with Crippen LogP contribution >= 0.6 is 23.4 Å². The van der Waals surface area contributed by atoms with E-state index in [0.717, 1.165) is 33.4 Å². The maximum absolute atomic E-state index is 6.30. The van der Waals surface area contributed by atoms with Crippen LogP contribution in [0.1, 0.15) is 18.9 Å². The predicted octanol–water partition coefficient (Wildman–Crippen LogP) is 5.45. The third kappa shape index (κ3) is 3.68. The normalized spacial score (nSPS) is 10.5. The second-order valence-electron chi connectivity index (χ2n) is 4.26. The lowest BCUT2D eigenvalue weighted by Crippen LogP contribution is -1.87. The molecule has 0 unspecified atom stereocenters. The molecule has 2 aromatic carbocycles. The molecule has 0 bridgehead atoms. The molecule has 0 saturated carbocycles. The third-order valence-corrected chi connectivity index (χ3v) is 4.24. The van der Waals surface area contributed by atoms with Gasteiger partial charge in [0.1, 0.15) is 5.75 Å². The zero-order chi connectivity index (χ0) is 13.7. The minimum absolute atomic E-state index is 0.849. The van der Waals surface area contributed by atoms with Gasteiger partial charge in [-0.15, -0.1) is 0 Å². The number of halogens is 1. The van der Waals surface area contributed by atoms with Crippen molar-refractivity contribution in [3.05, 3.63) is 53.1 Å². The summed E-state index contributed by atoms with van der Waals surface area (Å²) in [7, 11) is 1.69. The van der Waals surface area contributed by atoms with Crippen LogP contribution in [0.2, 0.25) is 5.02 Å². The highest BCUT2D eigenvalue weighted by Gasteiger charge is 2.06. The molecular weight excluding hydrogens is 276 g/mol. The summed E-state index contributed by atoms with van der Waals surface area (Å²) in [6.45, 7) is 2.16. The lowest BCUT2D eigenvalue weighted by Gasteiger charge is -2.09. The maximum atomic E-state index is 6.30. The van der Waals surface area contributed by atoms with Gasteiger partial charge in [0.15, 0.2) is 0 Å². The number of ether oxygens (including phenoxy) is 1. The van der Waals surface area contributed by atoms with Gasteiger partial charge >= 0.3 is 0 Å². The van der Waals surface area contributed by atoms with Crippen molar-refractivity contribution in [2.75, 3.05) is 7.11 Å². The van der Waals surface area contributed by atoms with Gasteiger partial charge in [-0.3, -0.25) is 0 Å². The summed E-state index contributed by atoms with van der Waals surface area (Å²) in [6.07, 6.45) is 2.14. The van der Waals surface area contributed by atoms with Crippen molar-refractivity contribution in [1.82, 2.24) is 0 Å². The molecule has 0 aromatic heterocycles. The van der Waals surface area contributed by atoms with Crippen molar-refractivity contribution in [1.29, 1.82) is 0 Å². The van der Waals surface area contributed by atoms with E-state index in [-0.39, 0.29) is 0 Å². The van der Waals surface area contributed by atoms with Gasteiger partial charge in [-0.25, -0.2) is 0 Å². The SMILES string of the molecule is CCCc1ccc(Sc2ccccc2OC)cc1Cl. The zero-order valence-corrected chi connectivity index (χ0v) is 12.7. The summed E-state index contributed by atoms with van der Waals surface area (Å²) in [6, 6.07) is 14.3. The van der Waals surface area contributed by atoms with Crippen molar-refractivity contribution >= 4 is 23.4 Å². The Labute approximate surface area is 123 Å². The maximum Gasteiger partial charge on any atom is 0.132 e. The van der Waals surface area contributed by atoms with E-state index in [0.29, 0.717) is 0 Å². The van der Waals surface area contributed by atoms with Crippen LogP contribution in [0, 0.1) is 0 Å². The average molecular weight is 293 g/mol. The molecule has 0 aliphatic heterocycles. The number of hydrogen-bond acceptors (Lipinski definition) is 2. The molecule has 2 aromatic rings. The van der Waals surface area contributed by atoms with Crippen molar-refractivity contribution in [2.24, 2.45) is 0 Å².